The van der Waals surface area contributed by atoms with Gasteiger partial charge in [0.2, 0.25) is 0 Å². The van der Waals surface area contributed by atoms with Gasteiger partial charge in [-0.05, 0) is 61.4 Å². The Hall–Kier alpha value is -0.340. The van der Waals surface area contributed by atoms with Crippen molar-refractivity contribution in [1.29, 1.82) is 0 Å². The lowest BCUT2D eigenvalue weighted by molar-refractivity contribution is 0.473. The minimum atomic E-state index is 0.543. The van der Waals surface area contributed by atoms with Gasteiger partial charge in [-0.15, -0.1) is 0 Å². The predicted octanol–water partition coefficient (Wildman–Crippen LogP) is 4.37. The van der Waals surface area contributed by atoms with Gasteiger partial charge < -0.3 is 5.32 Å². The fourth-order valence-electron chi connectivity index (χ4n) is 2.67. The minimum absolute atomic E-state index is 0.543. The highest BCUT2D eigenvalue weighted by atomic mass is 79.9. The van der Waals surface area contributed by atoms with Crippen LogP contribution in [0.1, 0.15) is 43.0 Å². The Morgan fingerprint density at radius 3 is 2.53 bits per heavy atom. The van der Waals surface area contributed by atoms with Crippen LogP contribution in [0.15, 0.2) is 16.6 Å². The van der Waals surface area contributed by atoms with Gasteiger partial charge in [-0.2, -0.15) is 0 Å². The predicted molar refractivity (Wildman–Crippen MR) is 77.3 cm³/mol. The van der Waals surface area contributed by atoms with Crippen LogP contribution in [0.25, 0.3) is 0 Å². The second kappa shape index (κ2) is 5.11. The SMILES string of the molecule is CCNC(c1cc(C)c(Br)cc1C)C1CC1C. The zero-order valence-corrected chi connectivity index (χ0v) is 12.8. The molecule has 3 unspecified atom stereocenters. The van der Waals surface area contributed by atoms with Crippen molar-refractivity contribution < 1.29 is 0 Å². The molecule has 94 valence electrons. The highest BCUT2D eigenvalue weighted by Gasteiger charge is 2.40. The molecule has 1 N–H and O–H groups in total. The van der Waals surface area contributed by atoms with E-state index in [0.29, 0.717) is 6.04 Å². The summed E-state index contributed by atoms with van der Waals surface area (Å²) in [5.74, 6) is 1.71. The molecule has 2 heteroatoms. The molecule has 1 aliphatic carbocycles. The Morgan fingerprint density at radius 1 is 1.35 bits per heavy atom. The molecule has 0 spiro atoms. The van der Waals surface area contributed by atoms with Crippen LogP contribution in [0.4, 0.5) is 0 Å². The lowest BCUT2D eigenvalue weighted by Gasteiger charge is -2.21. The Bertz CT molecular complexity index is 414. The normalized spacial score (nSPS) is 24.8. The van der Waals surface area contributed by atoms with E-state index in [1.54, 1.807) is 0 Å². The molecule has 0 bridgehead atoms. The molecule has 0 aromatic heterocycles. The van der Waals surface area contributed by atoms with Gasteiger partial charge in [-0.3, -0.25) is 0 Å². The second-order valence-corrected chi connectivity index (χ2v) is 6.22. The second-order valence-electron chi connectivity index (χ2n) is 5.37. The van der Waals surface area contributed by atoms with E-state index in [1.807, 2.05) is 0 Å². The third-order valence-corrected chi connectivity index (χ3v) is 4.76. The molecule has 0 saturated heterocycles. The van der Waals surface area contributed by atoms with Crippen molar-refractivity contribution in [3.05, 3.63) is 33.3 Å². The molecule has 0 aliphatic heterocycles. The summed E-state index contributed by atoms with van der Waals surface area (Å²) < 4.78 is 1.22. The lowest BCUT2D eigenvalue weighted by atomic mass is 9.95. The summed E-state index contributed by atoms with van der Waals surface area (Å²) in [7, 11) is 0. The van der Waals surface area contributed by atoms with Crippen LogP contribution >= 0.6 is 15.9 Å². The fourth-order valence-corrected chi connectivity index (χ4v) is 3.12. The average Bonchev–Trinajstić information content (AvgIpc) is 2.98. The van der Waals surface area contributed by atoms with E-state index in [0.717, 1.165) is 18.4 Å². The summed E-state index contributed by atoms with van der Waals surface area (Å²) in [6.45, 7) is 9.99. The molecule has 1 nitrogen and oxygen atoms in total. The Labute approximate surface area is 113 Å². The van der Waals surface area contributed by atoms with Gasteiger partial charge >= 0.3 is 0 Å². The number of benzene rings is 1. The molecule has 2 rings (SSSR count). The number of hydrogen-bond donors (Lipinski definition) is 1. The van der Waals surface area contributed by atoms with Gasteiger partial charge in [0.15, 0.2) is 0 Å². The molecule has 0 amide bonds. The van der Waals surface area contributed by atoms with Crippen LogP contribution in [0.5, 0.6) is 0 Å². The Kier molecular flexibility index (Phi) is 3.94. The van der Waals surface area contributed by atoms with Gasteiger partial charge in [0.1, 0.15) is 0 Å². The third kappa shape index (κ3) is 2.74. The lowest BCUT2D eigenvalue weighted by Crippen LogP contribution is -2.24. The van der Waals surface area contributed by atoms with Crippen molar-refractivity contribution in [1.82, 2.24) is 5.32 Å². The quantitative estimate of drug-likeness (QED) is 0.870. The molecular weight excluding hydrogens is 274 g/mol. The first-order valence-corrected chi connectivity index (χ1v) is 7.34. The Morgan fingerprint density at radius 2 is 2.00 bits per heavy atom. The molecule has 0 radical (unpaired) electrons. The van der Waals surface area contributed by atoms with Crippen LogP contribution in [-0.4, -0.2) is 6.54 Å². The molecule has 17 heavy (non-hydrogen) atoms. The van der Waals surface area contributed by atoms with Gasteiger partial charge in [-0.1, -0.05) is 35.8 Å². The summed E-state index contributed by atoms with van der Waals surface area (Å²) in [6.07, 6.45) is 1.37. The van der Waals surface area contributed by atoms with E-state index in [9.17, 15) is 0 Å². The molecule has 1 aromatic carbocycles. The molecule has 1 aromatic rings. The average molecular weight is 296 g/mol. The maximum atomic E-state index is 3.66. The highest BCUT2D eigenvalue weighted by molar-refractivity contribution is 9.10. The summed E-state index contributed by atoms with van der Waals surface area (Å²) in [5, 5.41) is 3.66. The minimum Gasteiger partial charge on any atom is -0.310 e. The molecule has 0 heterocycles. The van der Waals surface area contributed by atoms with Gasteiger partial charge in [0, 0.05) is 10.5 Å². The maximum absolute atomic E-state index is 3.66. The van der Waals surface area contributed by atoms with Crippen molar-refractivity contribution >= 4 is 15.9 Å². The zero-order chi connectivity index (χ0) is 12.6. The van der Waals surface area contributed by atoms with Gasteiger partial charge in [-0.25, -0.2) is 0 Å². The van der Waals surface area contributed by atoms with Gasteiger partial charge in [0.05, 0.1) is 0 Å². The molecule has 1 fully saturated rings. The first-order chi connectivity index (χ1) is 8.04. The summed E-state index contributed by atoms with van der Waals surface area (Å²) in [5.41, 5.74) is 4.22. The summed E-state index contributed by atoms with van der Waals surface area (Å²) >= 11 is 3.61. The van der Waals surface area contributed by atoms with Crippen molar-refractivity contribution in [3.8, 4) is 0 Å². The van der Waals surface area contributed by atoms with Crippen LogP contribution in [0.2, 0.25) is 0 Å². The fraction of sp³-hybridized carbons (Fsp3) is 0.600. The van der Waals surface area contributed by atoms with Crippen molar-refractivity contribution in [2.75, 3.05) is 6.54 Å². The number of hydrogen-bond acceptors (Lipinski definition) is 1. The zero-order valence-electron chi connectivity index (χ0n) is 11.2. The third-order valence-electron chi connectivity index (χ3n) is 3.91. The van der Waals surface area contributed by atoms with Crippen LogP contribution in [0, 0.1) is 25.7 Å². The Balaban J connectivity index is 2.32. The smallest absolute Gasteiger partial charge is 0.0353 e. The van der Waals surface area contributed by atoms with Crippen LogP contribution < -0.4 is 5.32 Å². The molecular formula is C15H22BrN. The van der Waals surface area contributed by atoms with Gasteiger partial charge in [0.25, 0.3) is 0 Å². The number of aryl methyl sites for hydroxylation is 2. The van der Waals surface area contributed by atoms with Crippen molar-refractivity contribution in [2.45, 2.75) is 40.2 Å². The number of rotatable bonds is 4. The number of nitrogens with one attached hydrogen (secondary N) is 1. The summed E-state index contributed by atoms with van der Waals surface area (Å²) in [4.78, 5) is 0. The van der Waals surface area contributed by atoms with E-state index in [-0.39, 0.29) is 0 Å². The van der Waals surface area contributed by atoms with Crippen LogP contribution in [0.3, 0.4) is 0 Å². The monoisotopic (exact) mass is 295 g/mol. The van der Waals surface area contributed by atoms with E-state index in [2.05, 4.69) is 61.1 Å². The molecule has 1 aliphatic rings. The van der Waals surface area contributed by atoms with Crippen molar-refractivity contribution in [2.24, 2.45) is 11.8 Å². The molecule has 1 saturated carbocycles. The molecule has 3 atom stereocenters. The summed E-state index contributed by atoms with van der Waals surface area (Å²) in [6, 6.07) is 5.14. The largest absolute Gasteiger partial charge is 0.310 e. The van der Waals surface area contributed by atoms with E-state index in [1.165, 1.54) is 27.6 Å². The highest BCUT2D eigenvalue weighted by Crippen LogP contribution is 2.47. The first-order valence-electron chi connectivity index (χ1n) is 6.54. The van der Waals surface area contributed by atoms with Crippen LogP contribution in [-0.2, 0) is 0 Å². The van der Waals surface area contributed by atoms with Crippen molar-refractivity contribution in [3.63, 3.8) is 0 Å². The maximum Gasteiger partial charge on any atom is 0.0353 e. The standard InChI is InChI=1S/C15H22BrN/c1-5-17-15(12-6-9(12)2)13-7-11(4)14(16)8-10(13)3/h7-9,12,15,17H,5-6H2,1-4H3. The topological polar surface area (TPSA) is 12.0 Å². The number of halogens is 1. The first kappa shape index (κ1) is 13.1. The van der Waals surface area contributed by atoms with E-state index < -0.39 is 0 Å². The van der Waals surface area contributed by atoms with E-state index in [4.69, 9.17) is 0 Å². The van der Waals surface area contributed by atoms with E-state index >= 15 is 0 Å².